The minimum atomic E-state index is -1.65. The van der Waals surface area contributed by atoms with E-state index in [0.717, 1.165) is 11.1 Å². The monoisotopic (exact) mass is 347 g/mol. The molecule has 1 aromatic carbocycles. The maximum absolute atomic E-state index is 12.4. The molecule has 1 aliphatic heterocycles. The molecular weight excluding hydrogens is 334 g/mol. The van der Waals surface area contributed by atoms with Crippen molar-refractivity contribution in [2.24, 2.45) is 10.9 Å². The van der Waals surface area contributed by atoms with Gasteiger partial charge in [0.15, 0.2) is 12.0 Å². The minimum Gasteiger partial charge on any atom is -0.481 e. The lowest BCUT2D eigenvalue weighted by molar-refractivity contribution is -0.144. The second-order valence-corrected chi connectivity index (χ2v) is 5.03. The van der Waals surface area contributed by atoms with Crippen molar-refractivity contribution in [2.45, 2.75) is 12.5 Å². The molecule has 130 valence electrons. The van der Waals surface area contributed by atoms with Gasteiger partial charge in [-0.3, -0.25) is 24.7 Å². The number of para-hydroxylation sites is 1. The molecule has 0 bridgehead atoms. The molecule has 2 rings (SSSR count). The molecule has 0 unspecified atom stereocenters. The number of carboxylic acid groups (broad SMARTS) is 2. The Balaban J connectivity index is 2.27. The number of nitrogens with zero attached hydrogens (tertiary/aromatic N) is 2. The molecule has 1 saturated heterocycles. The summed E-state index contributed by atoms with van der Waals surface area (Å²) in [5.41, 5.74) is 0.219. The molecule has 0 radical (unpaired) electrons. The predicted molar refractivity (Wildman–Crippen MR) is 83.1 cm³/mol. The van der Waals surface area contributed by atoms with E-state index in [0.29, 0.717) is 0 Å². The number of benzene rings is 1. The second kappa shape index (κ2) is 7.34. The van der Waals surface area contributed by atoms with E-state index in [1.165, 1.54) is 12.1 Å². The number of amides is 4. The average molecular weight is 347 g/mol. The summed E-state index contributed by atoms with van der Waals surface area (Å²) in [6.07, 6.45) is -0.0581. The van der Waals surface area contributed by atoms with Crippen molar-refractivity contribution < 1.29 is 34.2 Å². The van der Waals surface area contributed by atoms with Gasteiger partial charge in [-0.05, 0) is 12.1 Å². The minimum absolute atomic E-state index is 0.219. The molecule has 3 N–H and O–H groups in total. The second-order valence-electron chi connectivity index (χ2n) is 5.03. The molecule has 25 heavy (non-hydrogen) atoms. The van der Waals surface area contributed by atoms with Crippen LogP contribution in [0, 0.1) is 5.92 Å². The Labute approximate surface area is 140 Å². The van der Waals surface area contributed by atoms with E-state index >= 15 is 0 Å². The quantitative estimate of drug-likeness (QED) is 0.479. The Hall–Kier alpha value is -3.56. The highest BCUT2D eigenvalue weighted by Gasteiger charge is 2.40. The number of aliphatic imine (C=N–C) groups is 1. The van der Waals surface area contributed by atoms with Gasteiger partial charge in [-0.15, -0.1) is 0 Å². The summed E-state index contributed by atoms with van der Waals surface area (Å²) in [4.78, 5) is 62.1. The van der Waals surface area contributed by atoms with Gasteiger partial charge in [0.25, 0.3) is 5.91 Å². The maximum atomic E-state index is 12.4. The zero-order valence-corrected chi connectivity index (χ0v) is 12.7. The standard InChI is InChI=1S/C15H13N3O7/c19-11(20)6-10(14(23)24)16-7-9-12(21)17-15(25)18(13(9)22)8-4-2-1-3-5-8/h1-5,7,9-10H,6H2,(H,19,20)(H,23,24)(H,17,21,25)/t9-,10-/m1/s1. The van der Waals surface area contributed by atoms with E-state index in [9.17, 15) is 24.0 Å². The van der Waals surface area contributed by atoms with E-state index < -0.39 is 48.2 Å². The van der Waals surface area contributed by atoms with E-state index in [1.807, 2.05) is 5.32 Å². The van der Waals surface area contributed by atoms with E-state index in [1.54, 1.807) is 18.2 Å². The van der Waals surface area contributed by atoms with Crippen molar-refractivity contribution in [1.29, 1.82) is 0 Å². The number of hydrogen-bond donors (Lipinski definition) is 3. The lowest BCUT2D eigenvalue weighted by Crippen LogP contribution is -2.58. The molecular formula is C15H13N3O7. The molecule has 1 fully saturated rings. The first-order valence-electron chi connectivity index (χ1n) is 7.03. The molecule has 0 aliphatic carbocycles. The van der Waals surface area contributed by atoms with Crippen LogP contribution in [0.25, 0.3) is 0 Å². The maximum Gasteiger partial charge on any atom is 0.335 e. The fourth-order valence-electron chi connectivity index (χ4n) is 2.10. The fourth-order valence-corrected chi connectivity index (χ4v) is 2.10. The first-order valence-corrected chi connectivity index (χ1v) is 7.03. The largest absolute Gasteiger partial charge is 0.481 e. The highest BCUT2D eigenvalue weighted by molar-refractivity contribution is 6.32. The van der Waals surface area contributed by atoms with Crippen LogP contribution in [0.15, 0.2) is 35.3 Å². The van der Waals surface area contributed by atoms with Crippen molar-refractivity contribution in [3.63, 3.8) is 0 Å². The van der Waals surface area contributed by atoms with Crippen molar-refractivity contribution >= 4 is 41.7 Å². The third-order valence-corrected chi connectivity index (χ3v) is 3.28. The zero-order chi connectivity index (χ0) is 18.6. The molecule has 4 amide bonds. The Morgan fingerprint density at radius 2 is 1.84 bits per heavy atom. The zero-order valence-electron chi connectivity index (χ0n) is 12.7. The number of carboxylic acids is 2. The summed E-state index contributed by atoms with van der Waals surface area (Å²) < 4.78 is 0. The molecule has 0 spiro atoms. The van der Waals surface area contributed by atoms with E-state index in [4.69, 9.17) is 10.2 Å². The number of aliphatic carboxylic acids is 2. The van der Waals surface area contributed by atoms with Gasteiger partial charge in [0.05, 0.1) is 12.1 Å². The third-order valence-electron chi connectivity index (χ3n) is 3.28. The number of carbonyl (C=O) groups excluding carboxylic acids is 3. The Kier molecular flexibility index (Phi) is 5.22. The average Bonchev–Trinajstić information content (AvgIpc) is 2.53. The SMILES string of the molecule is O=C(O)C[C@@H](N=C[C@@H]1C(=O)NC(=O)N(c2ccccc2)C1=O)C(=O)O. The van der Waals surface area contributed by atoms with Crippen molar-refractivity contribution in [1.82, 2.24) is 5.32 Å². The molecule has 2 atom stereocenters. The molecule has 0 saturated carbocycles. The van der Waals surface area contributed by atoms with Crippen LogP contribution in [0.3, 0.4) is 0 Å². The summed E-state index contributed by atoms with van der Waals surface area (Å²) in [6.45, 7) is 0. The molecule has 10 heteroatoms. The first-order chi connectivity index (χ1) is 11.8. The van der Waals surface area contributed by atoms with Gasteiger partial charge in [0.2, 0.25) is 5.91 Å². The Morgan fingerprint density at radius 3 is 2.40 bits per heavy atom. The summed E-state index contributed by atoms with van der Waals surface area (Å²) in [7, 11) is 0. The van der Waals surface area contributed by atoms with Crippen LogP contribution < -0.4 is 10.2 Å². The number of urea groups is 1. The molecule has 1 heterocycles. The van der Waals surface area contributed by atoms with Gasteiger partial charge in [-0.2, -0.15) is 0 Å². The van der Waals surface area contributed by atoms with Crippen LogP contribution in [0.5, 0.6) is 0 Å². The van der Waals surface area contributed by atoms with E-state index in [2.05, 4.69) is 4.99 Å². The molecule has 1 aromatic rings. The summed E-state index contributed by atoms with van der Waals surface area (Å²) in [6, 6.07) is 5.21. The fraction of sp³-hybridized carbons (Fsp3) is 0.200. The van der Waals surface area contributed by atoms with Gasteiger partial charge in [0.1, 0.15) is 0 Å². The molecule has 1 aliphatic rings. The number of barbiturate groups is 1. The van der Waals surface area contributed by atoms with Crippen LogP contribution in [-0.4, -0.2) is 52.3 Å². The smallest absolute Gasteiger partial charge is 0.335 e. The van der Waals surface area contributed by atoms with Gasteiger partial charge < -0.3 is 10.2 Å². The number of imide groups is 2. The highest BCUT2D eigenvalue weighted by Crippen LogP contribution is 2.19. The predicted octanol–water partition coefficient (Wildman–Crippen LogP) is -0.116. The van der Waals surface area contributed by atoms with Crippen LogP contribution >= 0.6 is 0 Å². The first kappa shape index (κ1) is 17.8. The summed E-state index contributed by atoms with van der Waals surface area (Å²) in [5, 5.41) is 19.6. The third kappa shape index (κ3) is 4.05. The van der Waals surface area contributed by atoms with Crippen LogP contribution in [0.4, 0.5) is 10.5 Å². The summed E-state index contributed by atoms with van der Waals surface area (Å²) in [5.74, 6) is -6.34. The number of hydrogen-bond acceptors (Lipinski definition) is 6. The van der Waals surface area contributed by atoms with Gasteiger partial charge in [-0.1, -0.05) is 18.2 Å². The normalized spacial score (nSPS) is 19.0. The topological polar surface area (TPSA) is 153 Å². The number of rotatable bonds is 6. The van der Waals surface area contributed by atoms with Crippen LogP contribution in [0.2, 0.25) is 0 Å². The molecule has 10 nitrogen and oxygen atoms in total. The number of carbonyl (C=O) groups is 5. The van der Waals surface area contributed by atoms with Crippen LogP contribution in [0.1, 0.15) is 6.42 Å². The van der Waals surface area contributed by atoms with Gasteiger partial charge >= 0.3 is 18.0 Å². The number of nitrogens with one attached hydrogen (secondary N) is 1. The number of anilines is 1. The van der Waals surface area contributed by atoms with Crippen molar-refractivity contribution in [3.05, 3.63) is 30.3 Å². The van der Waals surface area contributed by atoms with E-state index in [-0.39, 0.29) is 5.69 Å². The van der Waals surface area contributed by atoms with Gasteiger partial charge in [-0.25, -0.2) is 14.5 Å². The molecule has 0 aromatic heterocycles. The van der Waals surface area contributed by atoms with Gasteiger partial charge in [0, 0.05) is 6.21 Å². The van der Waals surface area contributed by atoms with Crippen molar-refractivity contribution in [2.75, 3.05) is 4.90 Å². The lowest BCUT2D eigenvalue weighted by atomic mass is 10.1. The summed E-state index contributed by atoms with van der Waals surface area (Å²) >= 11 is 0. The lowest BCUT2D eigenvalue weighted by Gasteiger charge is -2.28. The Morgan fingerprint density at radius 1 is 1.20 bits per heavy atom. The Bertz CT molecular complexity index is 760. The van der Waals surface area contributed by atoms with Crippen molar-refractivity contribution in [3.8, 4) is 0 Å². The van der Waals surface area contributed by atoms with Crippen LogP contribution in [-0.2, 0) is 19.2 Å². The highest BCUT2D eigenvalue weighted by atomic mass is 16.4.